The third-order valence-corrected chi connectivity index (χ3v) is 5.76. The van der Waals surface area contributed by atoms with Crippen LogP contribution in [0.15, 0.2) is 41.3 Å². The molecule has 10 heteroatoms. The lowest BCUT2D eigenvalue weighted by atomic mass is 9.79. The van der Waals surface area contributed by atoms with Crippen LogP contribution in [0.25, 0.3) is 0 Å². The minimum atomic E-state index is -3.74. The average Bonchev–Trinajstić information content (AvgIpc) is 2.88. The summed E-state index contributed by atoms with van der Waals surface area (Å²) in [5.74, 6) is -0.385. The standard InChI is InChI=1S/C14H11BClNO6S/c16-14-6-9-7-23-15(18)13(9)5-10(14)8-24(21,22)12-3-1-11(2-4-12)17(19)20/h1-6,18H,7-8H2. The fourth-order valence-corrected chi connectivity index (χ4v) is 4.16. The van der Waals surface area contributed by atoms with E-state index in [0.717, 1.165) is 12.1 Å². The number of benzene rings is 2. The molecule has 0 amide bonds. The lowest BCUT2D eigenvalue weighted by Gasteiger charge is -2.09. The third-order valence-electron chi connectivity index (χ3n) is 3.72. The summed E-state index contributed by atoms with van der Waals surface area (Å²) in [5, 5.41) is 20.6. The zero-order chi connectivity index (χ0) is 17.5. The molecule has 0 fully saturated rings. The zero-order valence-electron chi connectivity index (χ0n) is 12.2. The van der Waals surface area contributed by atoms with E-state index in [1.165, 1.54) is 18.2 Å². The Hall–Kier alpha value is -1.94. The van der Waals surface area contributed by atoms with Crippen molar-refractivity contribution in [2.45, 2.75) is 17.3 Å². The number of non-ortho nitro benzene ring substituents is 1. The predicted molar refractivity (Wildman–Crippen MR) is 87.8 cm³/mol. The summed E-state index contributed by atoms with van der Waals surface area (Å²) in [7, 11) is -4.84. The van der Waals surface area contributed by atoms with E-state index in [9.17, 15) is 23.6 Å². The summed E-state index contributed by atoms with van der Waals surface area (Å²) in [6, 6.07) is 7.73. The van der Waals surface area contributed by atoms with Crippen LogP contribution in [0.3, 0.4) is 0 Å². The van der Waals surface area contributed by atoms with Crippen molar-refractivity contribution < 1.29 is 23.0 Å². The first-order chi connectivity index (χ1) is 11.3. The van der Waals surface area contributed by atoms with Gasteiger partial charge in [-0.2, -0.15) is 0 Å². The molecule has 0 spiro atoms. The molecule has 1 N–H and O–H groups in total. The van der Waals surface area contributed by atoms with E-state index in [4.69, 9.17) is 16.3 Å². The highest BCUT2D eigenvalue weighted by Gasteiger charge is 2.29. The molecule has 0 aromatic heterocycles. The van der Waals surface area contributed by atoms with E-state index in [0.29, 0.717) is 16.6 Å². The molecule has 0 unspecified atom stereocenters. The van der Waals surface area contributed by atoms with Crippen LogP contribution < -0.4 is 5.46 Å². The molecule has 1 heterocycles. The van der Waals surface area contributed by atoms with Crippen molar-refractivity contribution in [1.29, 1.82) is 0 Å². The van der Waals surface area contributed by atoms with Gasteiger partial charge in [0.1, 0.15) is 0 Å². The van der Waals surface area contributed by atoms with Gasteiger partial charge in [0.2, 0.25) is 0 Å². The van der Waals surface area contributed by atoms with Crippen molar-refractivity contribution in [3.63, 3.8) is 0 Å². The third kappa shape index (κ3) is 3.16. The van der Waals surface area contributed by atoms with Gasteiger partial charge in [0.25, 0.3) is 5.69 Å². The molecule has 0 bridgehead atoms. The van der Waals surface area contributed by atoms with Gasteiger partial charge in [-0.25, -0.2) is 8.42 Å². The molecule has 1 aliphatic rings. The van der Waals surface area contributed by atoms with Crippen LogP contribution in [-0.4, -0.2) is 25.5 Å². The Bertz CT molecular complexity index is 916. The largest absolute Gasteiger partial charge is 0.491 e. The van der Waals surface area contributed by atoms with Crippen molar-refractivity contribution in [1.82, 2.24) is 0 Å². The van der Waals surface area contributed by atoms with E-state index < -0.39 is 21.9 Å². The lowest BCUT2D eigenvalue weighted by molar-refractivity contribution is -0.384. The first-order valence-corrected chi connectivity index (χ1v) is 8.89. The minimum Gasteiger partial charge on any atom is -0.423 e. The number of rotatable bonds is 4. The maximum Gasteiger partial charge on any atom is 0.491 e. The Morgan fingerprint density at radius 1 is 1.29 bits per heavy atom. The SMILES string of the molecule is O=[N+]([O-])c1ccc(S(=O)(=O)Cc2cc3c(cc2Cl)COB3O)cc1. The molecule has 0 saturated carbocycles. The maximum absolute atomic E-state index is 12.5. The normalized spacial score (nSPS) is 13.8. The number of hydrogen-bond acceptors (Lipinski definition) is 6. The van der Waals surface area contributed by atoms with Crippen LogP contribution in [-0.2, 0) is 26.9 Å². The van der Waals surface area contributed by atoms with Crippen LogP contribution in [0.4, 0.5) is 5.69 Å². The van der Waals surface area contributed by atoms with E-state index >= 15 is 0 Å². The van der Waals surface area contributed by atoms with Gasteiger partial charge in [0.15, 0.2) is 9.84 Å². The molecule has 0 saturated heterocycles. The Kier molecular flexibility index (Phi) is 4.35. The van der Waals surface area contributed by atoms with Crippen molar-refractivity contribution in [2.75, 3.05) is 0 Å². The number of nitro groups is 1. The highest BCUT2D eigenvalue weighted by atomic mass is 35.5. The molecule has 0 radical (unpaired) electrons. The monoisotopic (exact) mass is 367 g/mol. The Labute approximate surface area is 143 Å². The Balaban J connectivity index is 1.92. The highest BCUT2D eigenvalue weighted by Crippen LogP contribution is 2.26. The van der Waals surface area contributed by atoms with Crippen LogP contribution in [0.2, 0.25) is 5.02 Å². The summed E-state index contributed by atoms with van der Waals surface area (Å²) in [6.07, 6.45) is 0. The first kappa shape index (κ1) is 16.9. The topological polar surface area (TPSA) is 107 Å². The molecular formula is C14H11BClNO6S. The summed E-state index contributed by atoms with van der Waals surface area (Å²) in [5.41, 5.74) is 1.35. The van der Waals surface area contributed by atoms with Gasteiger partial charge in [-0.15, -0.1) is 0 Å². The molecule has 2 aromatic carbocycles. The molecule has 0 atom stereocenters. The van der Waals surface area contributed by atoms with Crippen LogP contribution in [0.1, 0.15) is 11.1 Å². The summed E-state index contributed by atoms with van der Waals surface area (Å²) >= 11 is 6.12. The molecule has 1 aliphatic heterocycles. The number of sulfone groups is 1. The second-order valence-corrected chi connectivity index (χ2v) is 7.71. The summed E-state index contributed by atoms with van der Waals surface area (Å²) < 4.78 is 30.1. The number of halogens is 1. The zero-order valence-corrected chi connectivity index (χ0v) is 13.7. The van der Waals surface area contributed by atoms with Gasteiger partial charge in [0, 0.05) is 17.2 Å². The van der Waals surface area contributed by atoms with Gasteiger partial charge >= 0.3 is 7.12 Å². The number of fused-ring (bicyclic) bond motifs is 1. The molecule has 124 valence electrons. The molecular weight excluding hydrogens is 356 g/mol. The predicted octanol–water partition coefficient (Wildman–Crippen LogP) is 1.44. The second kappa shape index (κ2) is 6.17. The first-order valence-electron chi connectivity index (χ1n) is 6.86. The van der Waals surface area contributed by atoms with E-state index in [1.807, 2.05) is 0 Å². The van der Waals surface area contributed by atoms with Gasteiger partial charge in [-0.1, -0.05) is 17.7 Å². The van der Waals surface area contributed by atoms with E-state index in [2.05, 4.69) is 0 Å². The van der Waals surface area contributed by atoms with Gasteiger partial charge in [-0.3, -0.25) is 10.1 Å². The van der Waals surface area contributed by atoms with Gasteiger partial charge in [0.05, 0.1) is 22.2 Å². The smallest absolute Gasteiger partial charge is 0.423 e. The number of hydrogen-bond donors (Lipinski definition) is 1. The number of nitrogens with zero attached hydrogens (tertiary/aromatic N) is 1. The summed E-state index contributed by atoms with van der Waals surface area (Å²) in [6.45, 7) is 0.214. The van der Waals surface area contributed by atoms with Crippen LogP contribution in [0.5, 0.6) is 0 Å². The Morgan fingerprint density at radius 3 is 2.58 bits per heavy atom. The van der Waals surface area contributed by atoms with Gasteiger partial charge in [-0.05, 0) is 34.8 Å². The van der Waals surface area contributed by atoms with Crippen molar-refractivity contribution in [3.05, 3.63) is 62.7 Å². The quantitative estimate of drug-likeness (QED) is 0.498. The van der Waals surface area contributed by atoms with E-state index in [-0.39, 0.29) is 28.0 Å². The average molecular weight is 368 g/mol. The van der Waals surface area contributed by atoms with E-state index in [1.54, 1.807) is 6.07 Å². The maximum atomic E-state index is 12.5. The molecule has 3 rings (SSSR count). The highest BCUT2D eigenvalue weighted by molar-refractivity contribution is 7.90. The molecule has 0 aliphatic carbocycles. The second-order valence-electron chi connectivity index (χ2n) is 5.32. The molecule has 7 nitrogen and oxygen atoms in total. The Morgan fingerprint density at radius 2 is 1.96 bits per heavy atom. The minimum absolute atomic E-state index is 0.0403. The number of nitro benzene ring substituents is 1. The lowest BCUT2D eigenvalue weighted by Crippen LogP contribution is -2.28. The summed E-state index contributed by atoms with van der Waals surface area (Å²) in [4.78, 5) is 10.00. The van der Waals surface area contributed by atoms with Crippen LogP contribution in [0, 0.1) is 10.1 Å². The van der Waals surface area contributed by atoms with Gasteiger partial charge < -0.3 is 9.68 Å². The van der Waals surface area contributed by atoms with Crippen molar-refractivity contribution >= 4 is 39.7 Å². The molecule has 24 heavy (non-hydrogen) atoms. The fraction of sp³-hybridized carbons (Fsp3) is 0.143. The van der Waals surface area contributed by atoms with Crippen LogP contribution >= 0.6 is 11.6 Å². The van der Waals surface area contributed by atoms with Crippen molar-refractivity contribution in [3.8, 4) is 0 Å². The molecule has 2 aromatic rings. The fourth-order valence-electron chi connectivity index (χ4n) is 2.47. The van der Waals surface area contributed by atoms with Crippen molar-refractivity contribution in [2.24, 2.45) is 0 Å².